The highest BCUT2D eigenvalue weighted by Gasteiger charge is 2.37. The van der Waals surface area contributed by atoms with E-state index in [9.17, 15) is 9.50 Å². The second-order valence-electron chi connectivity index (χ2n) is 4.35. The minimum Gasteiger partial charge on any atom is -0.396 e. The van der Waals surface area contributed by atoms with Crippen molar-refractivity contribution in [2.45, 2.75) is 4.90 Å². The van der Waals surface area contributed by atoms with Crippen LogP contribution in [0.1, 0.15) is 0 Å². The zero-order chi connectivity index (χ0) is 12.3. The first-order chi connectivity index (χ1) is 8.19. The van der Waals surface area contributed by atoms with E-state index < -0.39 is 0 Å². The Morgan fingerprint density at radius 1 is 1.53 bits per heavy atom. The van der Waals surface area contributed by atoms with Crippen LogP contribution in [0, 0.1) is 11.2 Å². The maximum Gasteiger partial charge on any atom is 0.138 e. The maximum absolute atomic E-state index is 13.5. The van der Waals surface area contributed by atoms with E-state index in [1.807, 2.05) is 12.3 Å². The SMILES string of the molecule is CSc1ccc(NCC2(CO)COC2)cc1F. The van der Waals surface area contributed by atoms with Gasteiger partial charge in [0, 0.05) is 17.1 Å². The number of aliphatic hydroxyl groups excluding tert-OH is 1. The fourth-order valence-electron chi connectivity index (χ4n) is 1.71. The van der Waals surface area contributed by atoms with Gasteiger partial charge < -0.3 is 15.2 Å². The molecule has 0 bridgehead atoms. The zero-order valence-corrected chi connectivity index (χ0v) is 10.5. The summed E-state index contributed by atoms with van der Waals surface area (Å²) >= 11 is 1.39. The van der Waals surface area contributed by atoms with Gasteiger partial charge in [-0.15, -0.1) is 11.8 Å². The van der Waals surface area contributed by atoms with Crippen molar-refractivity contribution in [2.75, 3.05) is 37.9 Å². The standard InChI is InChI=1S/C12H16FNO2S/c1-17-11-3-2-9(4-10(11)13)14-5-12(6-15)7-16-8-12/h2-4,14-15H,5-8H2,1H3. The molecule has 0 aliphatic carbocycles. The minimum atomic E-state index is -0.217. The first kappa shape index (κ1) is 12.7. The number of thioether (sulfide) groups is 1. The van der Waals surface area contributed by atoms with Crippen LogP contribution in [0.15, 0.2) is 23.1 Å². The Labute approximate surface area is 104 Å². The Kier molecular flexibility index (Phi) is 3.91. The van der Waals surface area contributed by atoms with Gasteiger partial charge >= 0.3 is 0 Å². The van der Waals surface area contributed by atoms with Crippen molar-refractivity contribution >= 4 is 17.4 Å². The molecule has 1 fully saturated rings. The third-order valence-corrected chi connectivity index (χ3v) is 3.74. The van der Waals surface area contributed by atoms with E-state index in [2.05, 4.69) is 5.32 Å². The smallest absolute Gasteiger partial charge is 0.138 e. The Balaban J connectivity index is 1.97. The molecular weight excluding hydrogens is 241 g/mol. The molecule has 3 nitrogen and oxygen atoms in total. The average Bonchev–Trinajstić information content (AvgIpc) is 2.28. The molecule has 0 saturated carbocycles. The highest BCUT2D eigenvalue weighted by atomic mass is 32.2. The Bertz CT molecular complexity index is 391. The second kappa shape index (κ2) is 5.25. The highest BCUT2D eigenvalue weighted by Crippen LogP contribution is 2.28. The molecule has 1 aromatic rings. The molecule has 5 heteroatoms. The lowest BCUT2D eigenvalue weighted by Crippen LogP contribution is -2.50. The number of aliphatic hydroxyl groups is 1. The molecule has 0 radical (unpaired) electrons. The first-order valence-electron chi connectivity index (χ1n) is 5.45. The number of halogens is 1. The molecule has 0 unspecified atom stereocenters. The summed E-state index contributed by atoms with van der Waals surface area (Å²) in [6, 6.07) is 5.08. The summed E-state index contributed by atoms with van der Waals surface area (Å²) in [5, 5.41) is 12.4. The van der Waals surface area contributed by atoms with Crippen molar-refractivity contribution < 1.29 is 14.2 Å². The third kappa shape index (κ3) is 2.73. The summed E-state index contributed by atoms with van der Waals surface area (Å²) in [5.74, 6) is -0.217. The molecule has 0 aromatic heterocycles. The second-order valence-corrected chi connectivity index (χ2v) is 5.20. The summed E-state index contributed by atoms with van der Waals surface area (Å²) in [6.45, 7) is 1.80. The van der Waals surface area contributed by atoms with Crippen LogP contribution in [0.25, 0.3) is 0 Å². The van der Waals surface area contributed by atoms with Gasteiger partial charge in [-0.05, 0) is 24.5 Å². The number of hydrogen-bond donors (Lipinski definition) is 2. The topological polar surface area (TPSA) is 41.5 Å². The molecule has 1 saturated heterocycles. The van der Waals surface area contributed by atoms with Gasteiger partial charge in [-0.1, -0.05) is 0 Å². The summed E-state index contributed by atoms with van der Waals surface area (Å²) in [7, 11) is 0. The quantitative estimate of drug-likeness (QED) is 0.791. The lowest BCUT2D eigenvalue weighted by Gasteiger charge is -2.40. The molecule has 1 aliphatic rings. The van der Waals surface area contributed by atoms with E-state index in [1.165, 1.54) is 17.8 Å². The molecule has 2 rings (SSSR count). The molecule has 1 aromatic carbocycles. The fraction of sp³-hybridized carbons (Fsp3) is 0.500. The number of benzene rings is 1. The number of ether oxygens (including phenoxy) is 1. The van der Waals surface area contributed by atoms with E-state index in [0.717, 1.165) is 5.69 Å². The third-order valence-electron chi connectivity index (χ3n) is 2.97. The zero-order valence-electron chi connectivity index (χ0n) is 9.70. The van der Waals surface area contributed by atoms with Gasteiger partial charge in [-0.2, -0.15) is 0 Å². The molecule has 1 aliphatic heterocycles. The number of hydrogen-bond acceptors (Lipinski definition) is 4. The van der Waals surface area contributed by atoms with E-state index in [1.54, 1.807) is 6.07 Å². The van der Waals surface area contributed by atoms with Crippen LogP contribution in [0.4, 0.5) is 10.1 Å². The average molecular weight is 257 g/mol. The molecule has 94 valence electrons. The van der Waals surface area contributed by atoms with Crippen LogP contribution >= 0.6 is 11.8 Å². The lowest BCUT2D eigenvalue weighted by atomic mass is 9.87. The molecule has 17 heavy (non-hydrogen) atoms. The number of rotatable bonds is 5. The van der Waals surface area contributed by atoms with Crippen molar-refractivity contribution in [3.05, 3.63) is 24.0 Å². The number of anilines is 1. The Morgan fingerprint density at radius 3 is 2.76 bits per heavy atom. The Morgan fingerprint density at radius 2 is 2.29 bits per heavy atom. The van der Waals surface area contributed by atoms with Crippen molar-refractivity contribution in [1.82, 2.24) is 0 Å². The van der Waals surface area contributed by atoms with Crippen molar-refractivity contribution in [2.24, 2.45) is 5.41 Å². The predicted molar refractivity (Wildman–Crippen MR) is 67.0 cm³/mol. The first-order valence-corrected chi connectivity index (χ1v) is 6.68. The van der Waals surface area contributed by atoms with Crippen LogP contribution in [-0.4, -0.2) is 37.7 Å². The highest BCUT2D eigenvalue weighted by molar-refractivity contribution is 7.98. The van der Waals surface area contributed by atoms with Crippen molar-refractivity contribution in [3.8, 4) is 0 Å². The van der Waals surface area contributed by atoms with Crippen LogP contribution in [-0.2, 0) is 4.74 Å². The van der Waals surface area contributed by atoms with E-state index >= 15 is 0 Å². The van der Waals surface area contributed by atoms with Crippen molar-refractivity contribution in [1.29, 1.82) is 0 Å². The summed E-state index contributed by atoms with van der Waals surface area (Å²) < 4.78 is 18.6. The molecule has 1 heterocycles. The van der Waals surface area contributed by atoms with Gasteiger partial charge in [0.1, 0.15) is 5.82 Å². The van der Waals surface area contributed by atoms with Crippen LogP contribution < -0.4 is 5.32 Å². The maximum atomic E-state index is 13.5. The largest absolute Gasteiger partial charge is 0.396 e. The van der Waals surface area contributed by atoms with E-state index in [-0.39, 0.29) is 17.8 Å². The lowest BCUT2D eigenvalue weighted by molar-refractivity contribution is -0.128. The van der Waals surface area contributed by atoms with Gasteiger partial charge in [-0.3, -0.25) is 0 Å². The molecule has 2 N–H and O–H groups in total. The van der Waals surface area contributed by atoms with Gasteiger partial charge in [0.05, 0.1) is 25.2 Å². The molecule has 0 spiro atoms. The normalized spacial score (nSPS) is 17.6. The predicted octanol–water partition coefficient (Wildman–Crippen LogP) is 1.97. The molecular formula is C12H16FNO2S. The summed E-state index contributed by atoms with van der Waals surface area (Å²) in [4.78, 5) is 0.638. The van der Waals surface area contributed by atoms with Gasteiger partial charge in [-0.25, -0.2) is 4.39 Å². The van der Waals surface area contributed by atoms with Gasteiger partial charge in [0.2, 0.25) is 0 Å². The molecule has 0 atom stereocenters. The van der Waals surface area contributed by atoms with Gasteiger partial charge in [0.25, 0.3) is 0 Å². The van der Waals surface area contributed by atoms with E-state index in [0.29, 0.717) is 24.7 Å². The van der Waals surface area contributed by atoms with Crippen LogP contribution in [0.5, 0.6) is 0 Å². The monoisotopic (exact) mass is 257 g/mol. The molecule has 0 amide bonds. The van der Waals surface area contributed by atoms with Gasteiger partial charge in [0.15, 0.2) is 0 Å². The van der Waals surface area contributed by atoms with Crippen molar-refractivity contribution in [3.63, 3.8) is 0 Å². The summed E-state index contributed by atoms with van der Waals surface area (Å²) in [5.41, 5.74) is 0.536. The minimum absolute atomic E-state index is 0.0887. The van der Waals surface area contributed by atoms with Crippen LogP contribution in [0.2, 0.25) is 0 Å². The Hall–Kier alpha value is -0.780. The van der Waals surface area contributed by atoms with Crippen LogP contribution in [0.3, 0.4) is 0 Å². The summed E-state index contributed by atoms with van der Waals surface area (Å²) in [6.07, 6.45) is 1.85. The van der Waals surface area contributed by atoms with E-state index in [4.69, 9.17) is 4.74 Å². The number of nitrogens with one attached hydrogen (secondary N) is 1. The fourth-order valence-corrected chi connectivity index (χ4v) is 2.16.